The fraction of sp³-hybridized carbons (Fsp3) is 0.417. The molecule has 1 amide bonds. The van der Waals surface area contributed by atoms with Crippen LogP contribution in [0, 0.1) is 0 Å². The Morgan fingerprint density at radius 2 is 2.24 bits per heavy atom. The van der Waals surface area contributed by atoms with E-state index >= 15 is 0 Å². The van der Waals surface area contributed by atoms with E-state index in [1.807, 2.05) is 0 Å². The van der Waals surface area contributed by atoms with Gasteiger partial charge in [-0.3, -0.25) is 4.79 Å². The van der Waals surface area contributed by atoms with E-state index in [1.165, 1.54) is 18.2 Å². The average molecular weight is 236 g/mol. The summed E-state index contributed by atoms with van der Waals surface area (Å²) in [6.45, 7) is 1.66. The summed E-state index contributed by atoms with van der Waals surface area (Å²) >= 11 is 0. The second kappa shape index (κ2) is 4.63. The fourth-order valence-electron chi connectivity index (χ4n) is 2.02. The Morgan fingerprint density at radius 1 is 1.47 bits per heavy atom. The Bertz CT molecular complexity index is 428. The number of phenols is 2. The molecule has 0 bridgehead atoms. The van der Waals surface area contributed by atoms with Crippen LogP contribution >= 0.6 is 0 Å². The Labute approximate surface area is 99.7 Å². The topological polar surface area (TPSA) is 72.8 Å². The van der Waals surface area contributed by atoms with Gasteiger partial charge in [-0.05, 0) is 31.2 Å². The van der Waals surface area contributed by atoms with E-state index in [1.54, 1.807) is 11.9 Å². The summed E-state index contributed by atoms with van der Waals surface area (Å²) < 4.78 is 0. The van der Waals surface area contributed by atoms with Gasteiger partial charge in [0.2, 0.25) is 0 Å². The van der Waals surface area contributed by atoms with Crippen molar-refractivity contribution in [2.75, 3.05) is 20.1 Å². The number of hydrogen-bond acceptors (Lipinski definition) is 4. The van der Waals surface area contributed by atoms with Crippen LogP contribution in [0.4, 0.5) is 0 Å². The molecule has 1 fully saturated rings. The van der Waals surface area contributed by atoms with E-state index in [4.69, 9.17) is 0 Å². The molecule has 5 nitrogen and oxygen atoms in total. The predicted molar refractivity (Wildman–Crippen MR) is 63.1 cm³/mol. The fourth-order valence-corrected chi connectivity index (χ4v) is 2.02. The lowest BCUT2D eigenvalue weighted by molar-refractivity contribution is 0.0740. The van der Waals surface area contributed by atoms with Crippen LogP contribution in [0.5, 0.6) is 11.5 Å². The van der Waals surface area contributed by atoms with Crippen molar-refractivity contribution < 1.29 is 15.0 Å². The first-order valence-corrected chi connectivity index (χ1v) is 5.59. The van der Waals surface area contributed by atoms with Crippen LogP contribution in [0.3, 0.4) is 0 Å². The molecule has 1 unspecified atom stereocenters. The summed E-state index contributed by atoms with van der Waals surface area (Å²) in [5.74, 6) is -0.401. The highest BCUT2D eigenvalue weighted by Crippen LogP contribution is 2.24. The van der Waals surface area contributed by atoms with Crippen LogP contribution in [0.1, 0.15) is 16.8 Å². The lowest BCUT2D eigenvalue weighted by atomic mass is 10.1. The van der Waals surface area contributed by atoms with Gasteiger partial charge in [0.05, 0.1) is 5.56 Å². The zero-order valence-electron chi connectivity index (χ0n) is 9.68. The highest BCUT2D eigenvalue weighted by atomic mass is 16.3. The minimum absolute atomic E-state index is 0.0240. The molecule has 1 atom stereocenters. The summed E-state index contributed by atoms with van der Waals surface area (Å²) in [6, 6.07) is 4.10. The molecule has 1 saturated heterocycles. The number of nitrogens with zero attached hydrogens (tertiary/aromatic N) is 1. The van der Waals surface area contributed by atoms with Gasteiger partial charge in [0, 0.05) is 19.6 Å². The highest BCUT2D eigenvalue weighted by molar-refractivity contribution is 5.97. The van der Waals surface area contributed by atoms with Gasteiger partial charge in [0.1, 0.15) is 11.5 Å². The van der Waals surface area contributed by atoms with Crippen LogP contribution in [0.25, 0.3) is 0 Å². The van der Waals surface area contributed by atoms with Crippen LogP contribution in [-0.4, -0.2) is 47.2 Å². The minimum Gasteiger partial charge on any atom is -0.508 e. The number of phenolic OH excluding ortho intramolecular Hbond substituents is 2. The zero-order chi connectivity index (χ0) is 12.4. The lowest BCUT2D eigenvalue weighted by Crippen LogP contribution is -2.38. The van der Waals surface area contributed by atoms with Gasteiger partial charge in [-0.15, -0.1) is 0 Å². The van der Waals surface area contributed by atoms with Crippen molar-refractivity contribution in [1.82, 2.24) is 10.2 Å². The van der Waals surface area contributed by atoms with E-state index in [2.05, 4.69) is 5.32 Å². The highest BCUT2D eigenvalue weighted by Gasteiger charge is 2.25. The summed E-state index contributed by atoms with van der Waals surface area (Å²) in [5, 5.41) is 22.1. The SMILES string of the molecule is CN(C(=O)c1cc(O)ccc1O)C1CCNC1. The molecule has 0 spiro atoms. The molecule has 17 heavy (non-hydrogen) atoms. The van der Waals surface area contributed by atoms with Crippen LogP contribution in [-0.2, 0) is 0 Å². The minimum atomic E-state index is -0.271. The molecule has 0 radical (unpaired) electrons. The number of hydrogen-bond donors (Lipinski definition) is 3. The lowest BCUT2D eigenvalue weighted by Gasteiger charge is -2.24. The van der Waals surface area contributed by atoms with Gasteiger partial charge < -0.3 is 20.4 Å². The van der Waals surface area contributed by atoms with E-state index in [9.17, 15) is 15.0 Å². The molecule has 1 aliphatic heterocycles. The van der Waals surface area contributed by atoms with Gasteiger partial charge in [0.25, 0.3) is 5.91 Å². The first kappa shape index (κ1) is 11.7. The number of benzene rings is 1. The number of carbonyl (C=O) groups excluding carboxylic acids is 1. The van der Waals surface area contributed by atoms with Crippen molar-refractivity contribution in [2.45, 2.75) is 12.5 Å². The van der Waals surface area contributed by atoms with Gasteiger partial charge in [0.15, 0.2) is 0 Å². The standard InChI is InChI=1S/C12H16N2O3/c1-14(8-4-5-13-7-8)12(17)10-6-9(15)2-3-11(10)16/h2-3,6,8,13,15-16H,4-5,7H2,1H3. The third-order valence-electron chi connectivity index (χ3n) is 3.11. The Morgan fingerprint density at radius 3 is 2.88 bits per heavy atom. The maximum Gasteiger partial charge on any atom is 0.257 e. The molecule has 3 N–H and O–H groups in total. The van der Waals surface area contributed by atoms with Crippen molar-refractivity contribution in [2.24, 2.45) is 0 Å². The Hall–Kier alpha value is -1.75. The maximum absolute atomic E-state index is 12.1. The quantitative estimate of drug-likeness (QED) is 0.655. The van der Waals surface area contributed by atoms with Gasteiger partial charge in [-0.1, -0.05) is 0 Å². The molecular weight excluding hydrogens is 220 g/mol. The van der Waals surface area contributed by atoms with Gasteiger partial charge in [-0.2, -0.15) is 0 Å². The zero-order valence-corrected chi connectivity index (χ0v) is 9.68. The van der Waals surface area contributed by atoms with Gasteiger partial charge in [-0.25, -0.2) is 0 Å². The number of amides is 1. The van der Waals surface area contributed by atoms with Crippen molar-refractivity contribution in [3.8, 4) is 11.5 Å². The van der Waals surface area contributed by atoms with Crippen molar-refractivity contribution in [3.63, 3.8) is 0 Å². The third-order valence-corrected chi connectivity index (χ3v) is 3.11. The molecule has 0 aromatic heterocycles. The van der Waals surface area contributed by atoms with Crippen molar-refractivity contribution in [3.05, 3.63) is 23.8 Å². The molecule has 1 heterocycles. The smallest absolute Gasteiger partial charge is 0.257 e. The molecule has 1 aliphatic rings. The molecule has 5 heteroatoms. The molecule has 92 valence electrons. The summed E-state index contributed by atoms with van der Waals surface area (Å²) in [6.07, 6.45) is 0.905. The molecule has 0 saturated carbocycles. The van der Waals surface area contributed by atoms with E-state index in [0.29, 0.717) is 0 Å². The molecule has 0 aliphatic carbocycles. The number of carbonyl (C=O) groups is 1. The number of likely N-dealkylation sites (N-methyl/N-ethyl adjacent to an activating group) is 1. The monoisotopic (exact) mass is 236 g/mol. The molecule has 1 aromatic carbocycles. The molecule has 2 rings (SSSR count). The normalized spacial score (nSPS) is 19.2. The van der Waals surface area contributed by atoms with Crippen molar-refractivity contribution in [1.29, 1.82) is 0 Å². The third kappa shape index (κ3) is 2.34. The summed E-state index contributed by atoms with van der Waals surface area (Å²) in [7, 11) is 1.71. The number of nitrogens with one attached hydrogen (secondary N) is 1. The maximum atomic E-state index is 12.1. The van der Waals surface area contributed by atoms with E-state index in [-0.39, 0.29) is 29.0 Å². The summed E-state index contributed by atoms with van der Waals surface area (Å²) in [4.78, 5) is 13.7. The average Bonchev–Trinajstić information content (AvgIpc) is 2.84. The Kier molecular flexibility index (Phi) is 3.19. The van der Waals surface area contributed by atoms with Crippen LogP contribution < -0.4 is 5.32 Å². The van der Waals surface area contributed by atoms with Gasteiger partial charge >= 0.3 is 0 Å². The second-order valence-electron chi connectivity index (χ2n) is 4.26. The predicted octanol–water partition coefficient (Wildman–Crippen LogP) is 0.532. The van der Waals surface area contributed by atoms with Crippen LogP contribution in [0.2, 0.25) is 0 Å². The first-order chi connectivity index (χ1) is 8.09. The van der Waals surface area contributed by atoms with E-state index < -0.39 is 0 Å². The number of aromatic hydroxyl groups is 2. The summed E-state index contributed by atoms with van der Waals surface area (Å²) in [5.41, 5.74) is 0.138. The van der Waals surface area contributed by atoms with Crippen LogP contribution in [0.15, 0.2) is 18.2 Å². The molecule has 1 aromatic rings. The second-order valence-corrected chi connectivity index (χ2v) is 4.26. The van der Waals surface area contributed by atoms with Crippen molar-refractivity contribution >= 4 is 5.91 Å². The first-order valence-electron chi connectivity index (χ1n) is 5.59. The Balaban J connectivity index is 2.20. The van der Waals surface area contributed by atoms with E-state index in [0.717, 1.165) is 19.5 Å². The molecular formula is C12H16N2O3. The largest absolute Gasteiger partial charge is 0.508 e. The number of rotatable bonds is 2.